The summed E-state index contributed by atoms with van der Waals surface area (Å²) in [5, 5.41) is 11.0. The SMILES string of the molecule is CCCCCC(CC)OC(=O)C(CO)(Cc1ccc(Cl)cc1)c1ccccc1. The van der Waals surface area contributed by atoms with E-state index in [0.29, 0.717) is 11.4 Å². The Kier molecular flexibility index (Phi) is 9.01. The van der Waals surface area contributed by atoms with Crippen LogP contribution in [0.5, 0.6) is 0 Å². The van der Waals surface area contributed by atoms with Crippen LogP contribution in [-0.2, 0) is 21.4 Å². The summed E-state index contributed by atoms with van der Waals surface area (Å²) in [6, 6.07) is 16.8. The molecule has 2 rings (SSSR count). The van der Waals surface area contributed by atoms with E-state index in [1.165, 1.54) is 0 Å². The highest BCUT2D eigenvalue weighted by Gasteiger charge is 2.42. The van der Waals surface area contributed by atoms with Crippen molar-refractivity contribution in [3.63, 3.8) is 0 Å². The van der Waals surface area contributed by atoms with Gasteiger partial charge in [-0.2, -0.15) is 0 Å². The van der Waals surface area contributed by atoms with Crippen molar-refractivity contribution in [2.24, 2.45) is 0 Å². The maximum Gasteiger partial charge on any atom is 0.319 e. The van der Waals surface area contributed by atoms with E-state index < -0.39 is 5.41 Å². The van der Waals surface area contributed by atoms with Crippen LogP contribution in [0.2, 0.25) is 5.02 Å². The summed E-state index contributed by atoms with van der Waals surface area (Å²) in [6.45, 7) is 3.88. The van der Waals surface area contributed by atoms with E-state index in [2.05, 4.69) is 6.92 Å². The van der Waals surface area contributed by atoms with Crippen molar-refractivity contribution >= 4 is 17.6 Å². The zero-order valence-corrected chi connectivity index (χ0v) is 17.6. The molecular weight excluding hydrogens is 372 g/mol. The molecule has 152 valence electrons. The molecule has 0 aliphatic heterocycles. The highest BCUT2D eigenvalue weighted by atomic mass is 35.5. The minimum atomic E-state index is -1.13. The number of carbonyl (C=O) groups excluding carboxylic acids is 1. The van der Waals surface area contributed by atoms with E-state index in [0.717, 1.165) is 43.2 Å². The number of benzene rings is 2. The van der Waals surface area contributed by atoms with Crippen LogP contribution in [-0.4, -0.2) is 23.8 Å². The number of rotatable bonds is 11. The smallest absolute Gasteiger partial charge is 0.319 e. The molecule has 0 fully saturated rings. The third-order valence-electron chi connectivity index (χ3n) is 5.26. The topological polar surface area (TPSA) is 46.5 Å². The van der Waals surface area contributed by atoms with Crippen LogP contribution >= 0.6 is 11.6 Å². The molecule has 0 saturated heterocycles. The van der Waals surface area contributed by atoms with Crippen molar-refractivity contribution in [2.45, 2.75) is 63.9 Å². The maximum absolute atomic E-state index is 13.4. The Bertz CT molecular complexity index is 714. The van der Waals surface area contributed by atoms with Crippen molar-refractivity contribution in [1.82, 2.24) is 0 Å². The van der Waals surface area contributed by atoms with Crippen LogP contribution in [0.3, 0.4) is 0 Å². The summed E-state index contributed by atoms with van der Waals surface area (Å²) in [5.74, 6) is -0.362. The van der Waals surface area contributed by atoms with Gasteiger partial charge in [0.2, 0.25) is 0 Å². The van der Waals surface area contributed by atoms with Gasteiger partial charge >= 0.3 is 5.97 Å². The number of unbranched alkanes of at least 4 members (excludes halogenated alkanes) is 2. The van der Waals surface area contributed by atoms with Gasteiger partial charge in [-0.3, -0.25) is 4.79 Å². The quantitative estimate of drug-likeness (QED) is 0.386. The Morgan fingerprint density at radius 2 is 1.75 bits per heavy atom. The lowest BCUT2D eigenvalue weighted by atomic mass is 9.76. The van der Waals surface area contributed by atoms with E-state index in [1.807, 2.05) is 49.4 Å². The molecule has 2 unspecified atom stereocenters. The van der Waals surface area contributed by atoms with Gasteiger partial charge in [0.05, 0.1) is 6.61 Å². The van der Waals surface area contributed by atoms with Gasteiger partial charge in [-0.15, -0.1) is 0 Å². The number of hydrogen-bond donors (Lipinski definition) is 1. The van der Waals surface area contributed by atoms with Crippen molar-refractivity contribution in [3.05, 3.63) is 70.7 Å². The molecule has 0 saturated carbocycles. The normalized spacial score (nSPS) is 14.3. The van der Waals surface area contributed by atoms with E-state index >= 15 is 0 Å². The van der Waals surface area contributed by atoms with Crippen LogP contribution in [0.4, 0.5) is 0 Å². The number of esters is 1. The summed E-state index contributed by atoms with van der Waals surface area (Å²) in [4.78, 5) is 13.4. The Labute approximate surface area is 173 Å². The average molecular weight is 403 g/mol. The van der Waals surface area contributed by atoms with Crippen molar-refractivity contribution in [1.29, 1.82) is 0 Å². The molecule has 0 heterocycles. The molecule has 2 aromatic rings. The third kappa shape index (κ3) is 5.83. The maximum atomic E-state index is 13.4. The molecule has 0 aliphatic rings. The van der Waals surface area contributed by atoms with E-state index in [4.69, 9.17) is 16.3 Å². The van der Waals surface area contributed by atoms with Gasteiger partial charge in [0.1, 0.15) is 11.5 Å². The van der Waals surface area contributed by atoms with E-state index in [-0.39, 0.29) is 18.7 Å². The monoisotopic (exact) mass is 402 g/mol. The fourth-order valence-corrected chi connectivity index (χ4v) is 3.57. The molecule has 2 atom stereocenters. The van der Waals surface area contributed by atoms with E-state index in [1.54, 1.807) is 12.1 Å². The zero-order valence-electron chi connectivity index (χ0n) is 16.9. The highest BCUT2D eigenvalue weighted by Crippen LogP contribution is 2.31. The second-order valence-electron chi connectivity index (χ2n) is 7.34. The first kappa shape index (κ1) is 22.4. The molecule has 0 bridgehead atoms. The first-order valence-corrected chi connectivity index (χ1v) is 10.6. The summed E-state index contributed by atoms with van der Waals surface area (Å²) in [7, 11) is 0. The lowest BCUT2D eigenvalue weighted by Crippen LogP contribution is -2.44. The third-order valence-corrected chi connectivity index (χ3v) is 5.52. The van der Waals surface area contributed by atoms with Crippen LogP contribution in [0, 0.1) is 0 Å². The molecule has 3 nitrogen and oxygen atoms in total. The van der Waals surface area contributed by atoms with Gasteiger partial charge in [-0.1, -0.05) is 80.8 Å². The minimum absolute atomic E-state index is 0.126. The summed E-state index contributed by atoms with van der Waals surface area (Å²) in [6.07, 6.45) is 5.15. The molecule has 0 aromatic heterocycles. The minimum Gasteiger partial charge on any atom is -0.462 e. The lowest BCUT2D eigenvalue weighted by Gasteiger charge is -2.32. The number of hydrogen-bond acceptors (Lipinski definition) is 3. The molecule has 0 aliphatic carbocycles. The van der Waals surface area contributed by atoms with Gasteiger partial charge in [0.25, 0.3) is 0 Å². The molecule has 28 heavy (non-hydrogen) atoms. The first-order valence-electron chi connectivity index (χ1n) is 10.2. The van der Waals surface area contributed by atoms with Crippen LogP contribution in [0.15, 0.2) is 54.6 Å². The molecule has 0 amide bonds. The number of carbonyl (C=O) groups is 1. The second kappa shape index (κ2) is 11.2. The number of ether oxygens (including phenoxy) is 1. The van der Waals surface area contributed by atoms with Gasteiger partial charge in [-0.25, -0.2) is 0 Å². The Hall–Kier alpha value is -1.84. The Morgan fingerprint density at radius 1 is 1.07 bits per heavy atom. The molecule has 2 aromatic carbocycles. The van der Waals surface area contributed by atoms with Gasteiger partial charge < -0.3 is 9.84 Å². The molecule has 1 N–H and O–H groups in total. The van der Waals surface area contributed by atoms with Gasteiger partial charge in [0, 0.05) is 5.02 Å². The molecule has 0 spiro atoms. The van der Waals surface area contributed by atoms with Crippen LogP contribution < -0.4 is 0 Å². The predicted molar refractivity (Wildman–Crippen MR) is 115 cm³/mol. The fourth-order valence-electron chi connectivity index (χ4n) is 3.44. The molecule has 4 heteroatoms. The van der Waals surface area contributed by atoms with Crippen LogP contribution in [0.1, 0.15) is 57.1 Å². The first-order chi connectivity index (χ1) is 13.6. The second-order valence-corrected chi connectivity index (χ2v) is 7.78. The lowest BCUT2D eigenvalue weighted by molar-refractivity contribution is -0.158. The predicted octanol–water partition coefficient (Wildman–Crippen LogP) is 5.71. The van der Waals surface area contributed by atoms with Gasteiger partial charge in [0.15, 0.2) is 0 Å². The van der Waals surface area contributed by atoms with Crippen molar-refractivity contribution < 1.29 is 14.6 Å². The summed E-state index contributed by atoms with van der Waals surface area (Å²) in [5.41, 5.74) is 0.562. The summed E-state index contributed by atoms with van der Waals surface area (Å²) >= 11 is 6.00. The fraction of sp³-hybridized carbons (Fsp3) is 0.458. The molecular formula is C24H31ClO3. The summed E-state index contributed by atoms with van der Waals surface area (Å²) < 4.78 is 5.93. The van der Waals surface area contributed by atoms with Crippen molar-refractivity contribution in [3.8, 4) is 0 Å². The Morgan fingerprint density at radius 3 is 2.32 bits per heavy atom. The largest absolute Gasteiger partial charge is 0.462 e. The van der Waals surface area contributed by atoms with Crippen molar-refractivity contribution in [2.75, 3.05) is 6.61 Å². The van der Waals surface area contributed by atoms with Crippen LogP contribution in [0.25, 0.3) is 0 Å². The molecule has 0 radical (unpaired) electrons. The Balaban J connectivity index is 2.31. The van der Waals surface area contributed by atoms with Gasteiger partial charge in [-0.05, 0) is 48.9 Å². The average Bonchev–Trinajstić information content (AvgIpc) is 2.73. The zero-order chi connectivity index (χ0) is 20.4. The van der Waals surface area contributed by atoms with E-state index in [9.17, 15) is 9.90 Å². The number of aliphatic hydroxyl groups is 1. The number of aliphatic hydroxyl groups excluding tert-OH is 1. The standard InChI is InChI=1S/C24H31ClO3/c1-3-5-7-12-22(4-2)28-23(27)24(18-26,20-10-8-6-9-11-20)17-19-13-15-21(25)16-14-19/h6,8-11,13-16,22,26H,3-5,7,12,17-18H2,1-2H3. The highest BCUT2D eigenvalue weighted by molar-refractivity contribution is 6.30. The number of halogens is 1.